The van der Waals surface area contributed by atoms with Gasteiger partial charge in [0.25, 0.3) is 29.5 Å². The summed E-state index contributed by atoms with van der Waals surface area (Å²) >= 11 is 0. The van der Waals surface area contributed by atoms with E-state index in [2.05, 4.69) is 52.1 Å². The molecule has 35 nitrogen and oxygen atoms in total. The van der Waals surface area contributed by atoms with Crippen LogP contribution < -0.4 is 55.0 Å². The van der Waals surface area contributed by atoms with E-state index < -0.39 is 59.7 Å². The second-order valence-electron chi connectivity index (χ2n) is 23.9. The molecule has 98 heavy (non-hydrogen) atoms. The molecule has 514 valence electrons. The van der Waals surface area contributed by atoms with Gasteiger partial charge in [0.2, 0.25) is 29.5 Å². The summed E-state index contributed by atoms with van der Waals surface area (Å²) in [5.41, 5.74) is 3.85. The predicted molar refractivity (Wildman–Crippen MR) is 344 cm³/mol. The molecule has 5 atom stereocenters. The minimum atomic E-state index is -0.741. The highest BCUT2D eigenvalue weighted by atomic mass is 16.2. The van der Waals surface area contributed by atoms with E-state index >= 15 is 0 Å². The Bertz CT molecular complexity index is 4620. The van der Waals surface area contributed by atoms with Crippen molar-refractivity contribution in [1.82, 2.24) is 98.3 Å². The van der Waals surface area contributed by atoms with Crippen molar-refractivity contribution < 1.29 is 47.9 Å². The van der Waals surface area contributed by atoms with Gasteiger partial charge in [0.05, 0.1) is 0 Å². The number of nitrogens with zero attached hydrogens (tertiary/aromatic N) is 15. The first-order valence-electron chi connectivity index (χ1n) is 31.0. The second kappa shape index (κ2) is 29.4. The van der Waals surface area contributed by atoms with Crippen molar-refractivity contribution in [2.75, 3.05) is 0 Å². The molecule has 0 aliphatic carbocycles. The highest BCUT2D eigenvalue weighted by Gasteiger charge is 2.36. The van der Waals surface area contributed by atoms with Gasteiger partial charge in [-0.25, -0.2) is 47.4 Å². The van der Waals surface area contributed by atoms with Crippen LogP contribution in [0.3, 0.4) is 0 Å². The number of benzene rings is 3. The minimum absolute atomic E-state index is 0.208. The molecular weight excluding hydrogens is 1280 g/mol. The summed E-state index contributed by atoms with van der Waals surface area (Å²) in [6, 6.07) is 19.3. The highest BCUT2D eigenvalue weighted by Crippen LogP contribution is 2.25. The van der Waals surface area contributed by atoms with E-state index in [1.807, 2.05) is 93.6 Å². The molecule has 35 heteroatoms. The average Bonchev–Trinajstić information content (AvgIpc) is 1.65. The van der Waals surface area contributed by atoms with Crippen LogP contribution in [0.25, 0.3) is 34.2 Å². The largest absolute Gasteiger partial charge is 0.346 e. The number of aryl methyl sites for hydroxylation is 5. The monoisotopic (exact) mass is 1350 g/mol. The third-order valence-electron chi connectivity index (χ3n) is 16.8. The Morgan fingerprint density at radius 2 is 0.541 bits per heavy atom. The Kier molecular flexibility index (Phi) is 21.1. The molecule has 0 bridgehead atoms. The number of rotatable bonds is 8. The van der Waals surface area contributed by atoms with Crippen LogP contribution in [0.5, 0.6) is 0 Å². The van der Waals surface area contributed by atoms with E-state index in [-0.39, 0.29) is 109 Å². The van der Waals surface area contributed by atoms with Crippen molar-refractivity contribution in [1.29, 1.82) is 0 Å². The summed E-state index contributed by atoms with van der Waals surface area (Å²) in [6.07, 6.45) is 2.59. The molecule has 0 spiro atoms. The first-order chi connectivity index (χ1) is 46.4. The van der Waals surface area contributed by atoms with Crippen LogP contribution in [0.2, 0.25) is 0 Å². The van der Waals surface area contributed by atoms with Crippen molar-refractivity contribution in [3.8, 4) is 34.2 Å². The van der Waals surface area contributed by atoms with Gasteiger partial charge in [-0.15, -0.1) is 15.3 Å². The van der Waals surface area contributed by atoms with Gasteiger partial charge in [-0.3, -0.25) is 97.4 Å². The number of imide groups is 5. The molecule has 8 aromatic rings. The van der Waals surface area contributed by atoms with Gasteiger partial charge in [-0.2, -0.15) is 10.2 Å². The summed E-state index contributed by atoms with van der Waals surface area (Å²) in [6.45, 7) is 9.26. The van der Waals surface area contributed by atoms with Crippen molar-refractivity contribution in [2.24, 2.45) is 35.2 Å². The zero-order valence-corrected chi connectivity index (χ0v) is 55.2. The third-order valence-corrected chi connectivity index (χ3v) is 16.8. The van der Waals surface area contributed by atoms with Crippen molar-refractivity contribution in [3.63, 3.8) is 0 Å². The van der Waals surface area contributed by atoms with Crippen LogP contribution in [0.15, 0.2) is 96.8 Å². The van der Waals surface area contributed by atoms with Gasteiger partial charge in [0.1, 0.15) is 41.9 Å². The number of carbonyl (C=O) groups excluding carboxylic acids is 10. The number of hydrogen-bond donors (Lipinski definition) is 5. The Morgan fingerprint density at radius 3 is 0.776 bits per heavy atom. The van der Waals surface area contributed by atoms with Crippen LogP contribution in [-0.4, -0.2) is 131 Å². The van der Waals surface area contributed by atoms with E-state index in [0.717, 1.165) is 47.4 Å². The number of hydrogen-bond acceptors (Lipinski definition) is 20. The molecule has 5 aliphatic rings. The molecule has 5 unspecified atom stereocenters. The van der Waals surface area contributed by atoms with E-state index in [1.165, 1.54) is 32.2 Å². The molecule has 0 radical (unpaired) electrons. The van der Waals surface area contributed by atoms with E-state index in [1.54, 1.807) is 49.1 Å². The number of carbonyl (C=O) groups is 10. The third kappa shape index (κ3) is 15.2. The van der Waals surface area contributed by atoms with E-state index in [9.17, 15) is 71.9 Å². The van der Waals surface area contributed by atoms with Crippen molar-refractivity contribution in [3.05, 3.63) is 154 Å². The van der Waals surface area contributed by atoms with Crippen LogP contribution >= 0.6 is 0 Å². The van der Waals surface area contributed by atoms with Crippen LogP contribution in [-0.2, 0) is 83.2 Å². The van der Waals surface area contributed by atoms with Crippen LogP contribution in [0.4, 0.5) is 0 Å². The number of piperidine rings is 5. The Balaban J connectivity index is 0.000000144. The summed E-state index contributed by atoms with van der Waals surface area (Å²) in [7, 11) is 8.04. The summed E-state index contributed by atoms with van der Waals surface area (Å²) in [4.78, 5) is 175. The molecule has 5 N–H and O–H groups in total. The van der Waals surface area contributed by atoms with Gasteiger partial charge in [0, 0.05) is 84.0 Å². The fourth-order valence-electron chi connectivity index (χ4n) is 11.1. The lowest BCUT2D eigenvalue weighted by atomic mass is 10.1. The maximum Gasteiger partial charge on any atom is 0.346 e. The standard InChI is InChI=1S/3C15H16N4O3.2C9H12N4O3/c1-9-3-5-10(6-4-9)13-17-19(15(22)18(13)2)11-7-8-12(20)16-14(11)21;2*1-9-4-3-5-10(8-9)13-17-19(15(22)18(13)2)11-6-7-12(20)16-14(11)21;2*1-5-11-13(9(16)12(5)2)6-3-4-7(14)10-8(6)15/h3-6,11H,7-8H2,1-2H3,(H,16,20,21);2*3-5,8,11H,6-7H2,1-2H3,(H,16,20,21);2*6H,3-4H2,1-2H3,(H,10,14,15). The normalized spacial score (nSPS) is 19.2. The molecule has 5 fully saturated rings. The van der Waals surface area contributed by atoms with Crippen molar-refractivity contribution >= 4 is 59.1 Å². The number of aromatic nitrogens is 15. The lowest BCUT2D eigenvalue weighted by Crippen LogP contribution is -2.44. The zero-order chi connectivity index (χ0) is 71.3. The summed E-state index contributed by atoms with van der Waals surface area (Å²) in [5, 5.41) is 32.1. The maximum atomic E-state index is 12.4. The fourth-order valence-corrected chi connectivity index (χ4v) is 11.1. The maximum absolute atomic E-state index is 12.4. The molecule has 5 aromatic heterocycles. The quantitative estimate of drug-likeness (QED) is 0.118. The second-order valence-corrected chi connectivity index (χ2v) is 23.9. The van der Waals surface area contributed by atoms with Gasteiger partial charge in [0.15, 0.2) is 17.5 Å². The lowest BCUT2D eigenvalue weighted by Gasteiger charge is -2.19. The van der Waals surface area contributed by atoms with Crippen LogP contribution in [0.1, 0.15) is 123 Å². The smallest absolute Gasteiger partial charge is 0.295 e. The molecular formula is C63H72N20O15. The average molecular weight is 1350 g/mol. The zero-order valence-electron chi connectivity index (χ0n) is 55.2. The first kappa shape index (κ1) is 70.4. The molecule has 5 aliphatic heterocycles. The topological polar surface area (TPSA) is 430 Å². The van der Waals surface area contributed by atoms with Crippen molar-refractivity contribution in [2.45, 2.75) is 129 Å². The number of amides is 10. The molecule has 3 aromatic carbocycles. The minimum Gasteiger partial charge on any atom is -0.295 e. The lowest BCUT2D eigenvalue weighted by molar-refractivity contribution is -0.137. The molecule has 13 rings (SSSR count). The Morgan fingerprint density at radius 1 is 0.296 bits per heavy atom. The summed E-state index contributed by atoms with van der Waals surface area (Å²) < 4.78 is 12.7. The molecule has 0 saturated carbocycles. The molecule has 10 heterocycles. The van der Waals surface area contributed by atoms with Gasteiger partial charge in [-0.1, -0.05) is 77.4 Å². The summed E-state index contributed by atoms with van der Waals surface area (Å²) in [5.74, 6) is -1.35. The van der Waals surface area contributed by atoms with Gasteiger partial charge >= 0.3 is 28.4 Å². The Labute approximate surface area is 555 Å². The number of nitrogens with one attached hydrogen (secondary N) is 5. The van der Waals surface area contributed by atoms with Gasteiger partial charge < -0.3 is 0 Å². The first-order valence-corrected chi connectivity index (χ1v) is 31.0. The van der Waals surface area contributed by atoms with Gasteiger partial charge in [-0.05, 0) is 78.9 Å². The fraction of sp³-hybridized carbons (Fsp3) is 0.397. The Hall–Kier alpha value is -11.9. The van der Waals surface area contributed by atoms with E-state index in [4.69, 9.17) is 0 Å². The highest BCUT2D eigenvalue weighted by molar-refractivity contribution is 6.02. The SMILES string of the molecule is Cc1ccc(-c2nn(C3CCC(=O)NC3=O)c(=O)n2C)cc1.Cc1cccc(-c2nn(C3CCC(=O)NC3=O)c(=O)n2C)c1.Cc1cccc(-c2nn(C3CCC(=O)NC3=O)c(=O)n2C)c1.Cc1nn(C2CCC(=O)NC2=O)c(=O)n1C.Cc1nn(C2CCC(=O)NC2=O)c(=O)n1C. The molecule has 5 saturated heterocycles. The predicted octanol–water partition coefficient (Wildman–Crippen LogP) is -0.659. The van der Waals surface area contributed by atoms with E-state index in [0.29, 0.717) is 42.0 Å². The van der Waals surface area contributed by atoms with Crippen LogP contribution in [0, 0.1) is 34.6 Å². The molecule has 10 amide bonds.